The number of aromatic nitrogens is 1. The summed E-state index contributed by atoms with van der Waals surface area (Å²) < 4.78 is 0. The SMILES string of the molecule is CC/C=C/C(=C\c1cnc(N)cc1C)C1=CNC(C(=O)CCC)C=C1C. The summed E-state index contributed by atoms with van der Waals surface area (Å²) in [6.07, 6.45) is 14.6. The van der Waals surface area contributed by atoms with Gasteiger partial charge in [0.1, 0.15) is 11.9 Å². The summed E-state index contributed by atoms with van der Waals surface area (Å²) >= 11 is 0. The van der Waals surface area contributed by atoms with Gasteiger partial charge in [0.2, 0.25) is 0 Å². The number of allylic oxidation sites excluding steroid dienone is 5. The normalized spacial score (nSPS) is 17.7. The second-order valence-corrected chi connectivity index (χ2v) is 6.64. The number of dihydropyridines is 1. The zero-order valence-electron chi connectivity index (χ0n) is 16.2. The zero-order chi connectivity index (χ0) is 19.1. The third kappa shape index (κ3) is 4.94. The molecule has 1 aromatic rings. The maximum absolute atomic E-state index is 12.2. The number of aryl methyl sites for hydroxylation is 1. The Balaban J connectivity index is 2.36. The highest BCUT2D eigenvalue weighted by atomic mass is 16.1. The molecule has 0 aliphatic carbocycles. The first-order chi connectivity index (χ1) is 12.5. The van der Waals surface area contributed by atoms with Crippen LogP contribution in [-0.2, 0) is 4.79 Å². The summed E-state index contributed by atoms with van der Waals surface area (Å²) in [6, 6.07) is 1.65. The van der Waals surface area contributed by atoms with Crippen LogP contribution in [0.5, 0.6) is 0 Å². The fourth-order valence-corrected chi connectivity index (χ4v) is 2.94. The summed E-state index contributed by atoms with van der Waals surface area (Å²) in [5, 5.41) is 3.25. The molecule has 1 aromatic heterocycles. The lowest BCUT2D eigenvalue weighted by atomic mass is 9.91. The van der Waals surface area contributed by atoms with Gasteiger partial charge in [0.25, 0.3) is 0 Å². The van der Waals surface area contributed by atoms with Gasteiger partial charge in [-0.05, 0) is 61.1 Å². The van der Waals surface area contributed by atoms with Crippen molar-refractivity contribution in [3.8, 4) is 0 Å². The van der Waals surface area contributed by atoms with E-state index in [0.717, 1.165) is 40.7 Å². The standard InChI is InChI=1S/C22H29N3O/c1-5-7-9-17(12-18-13-25-22(23)11-15(18)3)19-14-24-20(10-16(19)4)21(26)8-6-2/h7,9-14,20,24H,5-6,8H2,1-4H3,(H2,23,25)/b9-7+,17-12+. The minimum absolute atomic E-state index is 0.227. The molecule has 26 heavy (non-hydrogen) atoms. The predicted molar refractivity (Wildman–Crippen MR) is 109 cm³/mol. The Morgan fingerprint density at radius 2 is 2.12 bits per heavy atom. The van der Waals surface area contributed by atoms with Crippen molar-refractivity contribution in [2.75, 3.05) is 5.73 Å². The number of ketones is 1. The lowest BCUT2D eigenvalue weighted by molar-refractivity contribution is -0.119. The molecule has 138 valence electrons. The van der Waals surface area contributed by atoms with Crippen LogP contribution in [0.1, 0.15) is 51.2 Å². The molecule has 0 amide bonds. The number of nitrogens with two attached hydrogens (primary N) is 1. The highest BCUT2D eigenvalue weighted by Crippen LogP contribution is 2.27. The molecular weight excluding hydrogens is 322 g/mol. The molecule has 1 unspecified atom stereocenters. The first-order valence-electron chi connectivity index (χ1n) is 9.24. The van der Waals surface area contributed by atoms with E-state index < -0.39 is 0 Å². The molecule has 0 radical (unpaired) electrons. The Morgan fingerprint density at radius 1 is 1.35 bits per heavy atom. The van der Waals surface area contributed by atoms with Crippen LogP contribution in [0.3, 0.4) is 0 Å². The van der Waals surface area contributed by atoms with Crippen LogP contribution < -0.4 is 11.1 Å². The first-order valence-corrected chi connectivity index (χ1v) is 9.24. The number of carbonyl (C=O) groups excluding carboxylic acids is 1. The van der Waals surface area contributed by atoms with Crippen molar-refractivity contribution in [1.29, 1.82) is 0 Å². The average Bonchev–Trinajstić information content (AvgIpc) is 2.61. The quantitative estimate of drug-likeness (QED) is 0.710. The molecule has 2 heterocycles. The van der Waals surface area contributed by atoms with Crippen molar-refractivity contribution in [2.24, 2.45) is 0 Å². The Hall–Kier alpha value is -2.62. The van der Waals surface area contributed by atoms with Crippen LogP contribution in [0.25, 0.3) is 6.08 Å². The second kappa shape index (κ2) is 9.18. The molecule has 0 saturated carbocycles. The van der Waals surface area contributed by atoms with Crippen LogP contribution >= 0.6 is 0 Å². The van der Waals surface area contributed by atoms with Gasteiger partial charge >= 0.3 is 0 Å². The molecule has 0 saturated heterocycles. The van der Waals surface area contributed by atoms with Gasteiger partial charge in [-0.25, -0.2) is 4.98 Å². The number of anilines is 1. The number of hydrogen-bond donors (Lipinski definition) is 2. The minimum atomic E-state index is -0.227. The molecule has 0 aromatic carbocycles. The highest BCUT2D eigenvalue weighted by Gasteiger charge is 2.19. The average molecular weight is 351 g/mol. The number of Topliss-reactive ketones (excluding diaryl/α,β-unsaturated/α-hetero) is 1. The van der Waals surface area contributed by atoms with Gasteiger partial charge in [-0.2, -0.15) is 0 Å². The van der Waals surface area contributed by atoms with Crippen molar-refractivity contribution < 1.29 is 4.79 Å². The Kier molecular flexibility index (Phi) is 6.96. The minimum Gasteiger partial charge on any atom is -0.384 e. The molecule has 0 bridgehead atoms. The largest absolute Gasteiger partial charge is 0.384 e. The second-order valence-electron chi connectivity index (χ2n) is 6.64. The Labute approximate surface area is 156 Å². The maximum Gasteiger partial charge on any atom is 0.158 e. The van der Waals surface area contributed by atoms with Crippen LogP contribution in [0.15, 0.2) is 53.4 Å². The van der Waals surface area contributed by atoms with E-state index in [1.54, 1.807) is 6.20 Å². The summed E-state index contributed by atoms with van der Waals surface area (Å²) in [7, 11) is 0. The molecular formula is C22H29N3O. The zero-order valence-corrected chi connectivity index (χ0v) is 16.2. The van der Waals surface area contributed by atoms with Crippen molar-refractivity contribution in [3.63, 3.8) is 0 Å². The highest BCUT2D eigenvalue weighted by molar-refractivity contribution is 5.87. The fraction of sp³-hybridized carbons (Fsp3) is 0.364. The van der Waals surface area contributed by atoms with Gasteiger partial charge in [-0.15, -0.1) is 0 Å². The van der Waals surface area contributed by atoms with E-state index in [1.807, 2.05) is 32.2 Å². The number of nitrogens with zero attached hydrogens (tertiary/aromatic N) is 1. The molecule has 3 N–H and O–H groups in total. The smallest absolute Gasteiger partial charge is 0.158 e. The predicted octanol–water partition coefficient (Wildman–Crippen LogP) is 4.49. The van der Waals surface area contributed by atoms with Crippen LogP contribution in [0, 0.1) is 6.92 Å². The third-order valence-corrected chi connectivity index (χ3v) is 4.42. The molecule has 2 rings (SSSR count). The summed E-state index contributed by atoms with van der Waals surface area (Å²) in [6.45, 7) is 8.22. The van der Waals surface area contributed by atoms with Crippen LogP contribution in [0.2, 0.25) is 0 Å². The van der Waals surface area contributed by atoms with Crippen LogP contribution in [-0.4, -0.2) is 16.8 Å². The van der Waals surface area contributed by atoms with E-state index in [-0.39, 0.29) is 11.8 Å². The van der Waals surface area contributed by atoms with E-state index in [9.17, 15) is 4.79 Å². The summed E-state index contributed by atoms with van der Waals surface area (Å²) in [4.78, 5) is 16.4. The number of carbonyl (C=O) groups is 1. The molecule has 0 fully saturated rings. The van der Waals surface area contributed by atoms with Crippen LogP contribution in [0.4, 0.5) is 5.82 Å². The lowest BCUT2D eigenvalue weighted by Gasteiger charge is -2.22. The maximum atomic E-state index is 12.2. The Bertz CT molecular complexity index is 785. The van der Waals surface area contributed by atoms with Gasteiger partial charge in [0, 0.05) is 24.4 Å². The van der Waals surface area contributed by atoms with Gasteiger partial charge in [0.15, 0.2) is 5.78 Å². The molecule has 1 atom stereocenters. The molecule has 0 spiro atoms. The van der Waals surface area contributed by atoms with E-state index >= 15 is 0 Å². The van der Waals surface area contributed by atoms with E-state index in [2.05, 4.69) is 42.4 Å². The van der Waals surface area contributed by atoms with Crippen molar-refractivity contribution in [3.05, 3.63) is 64.5 Å². The van der Waals surface area contributed by atoms with Gasteiger partial charge < -0.3 is 11.1 Å². The molecule has 1 aliphatic rings. The van der Waals surface area contributed by atoms with Crippen molar-refractivity contribution in [2.45, 2.75) is 53.0 Å². The third-order valence-electron chi connectivity index (χ3n) is 4.42. The monoisotopic (exact) mass is 351 g/mol. The summed E-state index contributed by atoms with van der Waals surface area (Å²) in [5.74, 6) is 0.757. The lowest BCUT2D eigenvalue weighted by Crippen LogP contribution is -2.34. The molecule has 4 nitrogen and oxygen atoms in total. The number of nitrogen functional groups attached to an aromatic ring is 1. The van der Waals surface area contributed by atoms with E-state index in [1.165, 1.54) is 0 Å². The summed E-state index contributed by atoms with van der Waals surface area (Å²) in [5.41, 5.74) is 11.2. The number of rotatable bonds is 7. The van der Waals surface area contributed by atoms with E-state index in [0.29, 0.717) is 12.2 Å². The first kappa shape index (κ1) is 19.7. The number of pyridine rings is 1. The molecule has 1 aliphatic heterocycles. The molecule has 4 heteroatoms. The fourth-order valence-electron chi connectivity index (χ4n) is 2.94. The van der Waals surface area contributed by atoms with E-state index in [4.69, 9.17) is 5.73 Å². The van der Waals surface area contributed by atoms with Crippen molar-refractivity contribution in [1.82, 2.24) is 10.3 Å². The Morgan fingerprint density at radius 3 is 2.73 bits per heavy atom. The van der Waals surface area contributed by atoms with Gasteiger partial charge in [0.05, 0.1) is 0 Å². The number of hydrogen-bond acceptors (Lipinski definition) is 4. The van der Waals surface area contributed by atoms with Gasteiger partial charge in [-0.1, -0.05) is 32.1 Å². The van der Waals surface area contributed by atoms with Crippen molar-refractivity contribution >= 4 is 17.7 Å². The van der Waals surface area contributed by atoms with Gasteiger partial charge in [-0.3, -0.25) is 4.79 Å². The number of nitrogens with one attached hydrogen (secondary N) is 1. The topological polar surface area (TPSA) is 68.0 Å².